The van der Waals surface area contributed by atoms with Gasteiger partial charge in [-0.1, -0.05) is 25.4 Å². The number of aromatic nitrogens is 2. The molecule has 0 aliphatic heterocycles. The Balaban J connectivity index is 2.78. The Bertz CT molecular complexity index is 456. The van der Waals surface area contributed by atoms with Gasteiger partial charge in [0.05, 0.1) is 0 Å². The zero-order chi connectivity index (χ0) is 14.6. The van der Waals surface area contributed by atoms with Crippen LogP contribution in [0.25, 0.3) is 0 Å². The maximum atomic E-state index is 11.6. The number of hydrogen-bond donors (Lipinski definition) is 1. The van der Waals surface area contributed by atoms with Crippen LogP contribution in [0.1, 0.15) is 40.3 Å². The Morgan fingerprint density at radius 1 is 1.42 bits per heavy atom. The molecule has 0 aliphatic rings. The lowest BCUT2D eigenvalue weighted by Gasteiger charge is -2.19. The van der Waals surface area contributed by atoms with Crippen molar-refractivity contribution in [3.05, 3.63) is 16.9 Å². The quantitative estimate of drug-likeness (QED) is 0.861. The second-order valence-electron chi connectivity index (χ2n) is 5.73. The van der Waals surface area contributed by atoms with Gasteiger partial charge in [-0.2, -0.15) is 0 Å². The van der Waals surface area contributed by atoms with Gasteiger partial charge in [-0.25, -0.2) is 14.8 Å². The SMILES string of the molecule is CC(C)Cc1cc(Cl)nc(NC(=O)OC(C)(C)C)n1. The number of rotatable bonds is 3. The van der Waals surface area contributed by atoms with Crippen molar-refractivity contribution < 1.29 is 9.53 Å². The molecule has 6 heteroatoms. The van der Waals surface area contributed by atoms with Crippen LogP contribution in [0.15, 0.2) is 6.07 Å². The van der Waals surface area contributed by atoms with E-state index < -0.39 is 11.7 Å². The third-order valence-electron chi connectivity index (χ3n) is 1.98. The highest BCUT2D eigenvalue weighted by Gasteiger charge is 2.17. The predicted molar refractivity (Wildman–Crippen MR) is 75.4 cm³/mol. The summed E-state index contributed by atoms with van der Waals surface area (Å²) in [5.74, 6) is 0.609. The average Bonchev–Trinajstić information content (AvgIpc) is 2.10. The van der Waals surface area contributed by atoms with Crippen molar-refractivity contribution in [3.63, 3.8) is 0 Å². The summed E-state index contributed by atoms with van der Waals surface area (Å²) in [5, 5.41) is 2.79. The van der Waals surface area contributed by atoms with Gasteiger partial charge in [0.1, 0.15) is 10.8 Å². The minimum atomic E-state index is -0.592. The molecule has 1 amide bonds. The van der Waals surface area contributed by atoms with Gasteiger partial charge >= 0.3 is 6.09 Å². The molecule has 0 unspecified atom stereocenters. The lowest BCUT2D eigenvalue weighted by molar-refractivity contribution is 0.0634. The van der Waals surface area contributed by atoms with Crippen molar-refractivity contribution in [2.24, 2.45) is 5.92 Å². The standard InChI is InChI=1S/C13H20ClN3O2/c1-8(2)6-9-7-10(14)16-11(15-9)17-12(18)19-13(3,4)5/h7-8H,6H2,1-5H3,(H,15,16,17,18). The highest BCUT2D eigenvalue weighted by atomic mass is 35.5. The molecule has 1 N–H and O–H groups in total. The van der Waals surface area contributed by atoms with Gasteiger partial charge in [0.25, 0.3) is 0 Å². The van der Waals surface area contributed by atoms with Crippen molar-refractivity contribution in [1.29, 1.82) is 0 Å². The molecule has 0 aromatic carbocycles. The fourth-order valence-electron chi connectivity index (χ4n) is 1.44. The lowest BCUT2D eigenvalue weighted by atomic mass is 10.1. The first kappa shape index (κ1) is 15.7. The third kappa shape index (κ3) is 6.38. The fourth-order valence-corrected chi connectivity index (χ4v) is 1.64. The largest absolute Gasteiger partial charge is 0.444 e. The molecule has 19 heavy (non-hydrogen) atoms. The molecule has 1 rings (SSSR count). The molecule has 0 fully saturated rings. The highest BCUT2D eigenvalue weighted by molar-refractivity contribution is 6.29. The molecule has 1 aromatic rings. The molecule has 0 saturated heterocycles. The van der Waals surface area contributed by atoms with Gasteiger partial charge in [0.15, 0.2) is 0 Å². The first-order valence-corrected chi connectivity index (χ1v) is 6.57. The Kier molecular flexibility index (Phi) is 5.11. The number of halogens is 1. The number of nitrogens with zero attached hydrogens (tertiary/aromatic N) is 2. The van der Waals surface area contributed by atoms with E-state index in [9.17, 15) is 4.79 Å². The summed E-state index contributed by atoms with van der Waals surface area (Å²) >= 11 is 5.91. The van der Waals surface area contributed by atoms with E-state index in [2.05, 4.69) is 29.1 Å². The molecule has 0 atom stereocenters. The van der Waals surface area contributed by atoms with Crippen LogP contribution in [0.4, 0.5) is 10.7 Å². The molecule has 0 saturated carbocycles. The Morgan fingerprint density at radius 2 is 2.05 bits per heavy atom. The van der Waals surface area contributed by atoms with E-state index in [0.29, 0.717) is 11.1 Å². The summed E-state index contributed by atoms with van der Waals surface area (Å²) in [6.45, 7) is 9.52. The van der Waals surface area contributed by atoms with Crippen LogP contribution in [0.2, 0.25) is 5.15 Å². The smallest absolute Gasteiger partial charge is 0.414 e. The van der Waals surface area contributed by atoms with E-state index in [1.165, 1.54) is 0 Å². The first-order valence-electron chi connectivity index (χ1n) is 6.19. The highest BCUT2D eigenvalue weighted by Crippen LogP contribution is 2.15. The van der Waals surface area contributed by atoms with Crippen LogP contribution in [-0.4, -0.2) is 21.7 Å². The molecule has 1 aromatic heterocycles. The van der Waals surface area contributed by atoms with Crippen molar-refractivity contribution >= 4 is 23.6 Å². The van der Waals surface area contributed by atoms with E-state index in [0.717, 1.165) is 12.1 Å². The number of nitrogens with one attached hydrogen (secondary N) is 1. The third-order valence-corrected chi connectivity index (χ3v) is 2.17. The number of amides is 1. The normalized spacial score (nSPS) is 11.5. The van der Waals surface area contributed by atoms with Gasteiger partial charge in [-0.3, -0.25) is 5.32 Å². The topological polar surface area (TPSA) is 64.1 Å². The molecule has 0 spiro atoms. The van der Waals surface area contributed by atoms with Crippen LogP contribution in [-0.2, 0) is 11.2 Å². The molecular formula is C13H20ClN3O2. The van der Waals surface area contributed by atoms with Gasteiger partial charge < -0.3 is 4.74 Å². The molecule has 5 nitrogen and oxygen atoms in total. The predicted octanol–water partition coefficient (Wildman–Crippen LogP) is 3.68. The number of carbonyl (C=O) groups is 1. The van der Waals surface area contributed by atoms with Crippen LogP contribution in [0, 0.1) is 5.92 Å². The van der Waals surface area contributed by atoms with E-state index in [1.807, 2.05) is 0 Å². The Morgan fingerprint density at radius 3 is 2.58 bits per heavy atom. The van der Waals surface area contributed by atoms with Crippen LogP contribution in [0.5, 0.6) is 0 Å². The number of carbonyl (C=O) groups excluding carboxylic acids is 1. The number of ether oxygens (including phenoxy) is 1. The maximum Gasteiger partial charge on any atom is 0.414 e. The van der Waals surface area contributed by atoms with Crippen molar-refractivity contribution in [2.45, 2.75) is 46.6 Å². The summed E-state index contributed by atoms with van der Waals surface area (Å²) < 4.78 is 5.13. The summed E-state index contributed by atoms with van der Waals surface area (Å²) in [5.41, 5.74) is 0.227. The van der Waals surface area contributed by atoms with Crippen LogP contribution >= 0.6 is 11.6 Å². The molecule has 0 radical (unpaired) electrons. The number of anilines is 1. The summed E-state index contributed by atoms with van der Waals surface area (Å²) in [4.78, 5) is 19.8. The van der Waals surface area contributed by atoms with Crippen LogP contribution < -0.4 is 5.32 Å². The molecule has 106 valence electrons. The van der Waals surface area contributed by atoms with E-state index >= 15 is 0 Å². The molecule has 0 bridgehead atoms. The molecular weight excluding hydrogens is 266 g/mol. The average molecular weight is 286 g/mol. The molecule has 0 aliphatic carbocycles. The second kappa shape index (κ2) is 6.19. The van der Waals surface area contributed by atoms with Gasteiger partial charge in [0, 0.05) is 5.69 Å². The lowest BCUT2D eigenvalue weighted by Crippen LogP contribution is -2.28. The zero-order valence-electron chi connectivity index (χ0n) is 12.0. The Hall–Kier alpha value is -1.36. The van der Waals surface area contributed by atoms with E-state index in [-0.39, 0.29) is 5.95 Å². The van der Waals surface area contributed by atoms with Crippen molar-refractivity contribution in [2.75, 3.05) is 5.32 Å². The fraction of sp³-hybridized carbons (Fsp3) is 0.615. The van der Waals surface area contributed by atoms with Gasteiger partial charge in [-0.05, 0) is 39.2 Å². The summed E-state index contributed by atoms with van der Waals surface area (Å²) in [7, 11) is 0. The monoisotopic (exact) mass is 285 g/mol. The van der Waals surface area contributed by atoms with Crippen molar-refractivity contribution in [1.82, 2.24) is 9.97 Å². The summed E-state index contributed by atoms with van der Waals surface area (Å²) in [6.07, 6.45) is 0.177. The summed E-state index contributed by atoms with van der Waals surface area (Å²) in [6, 6.07) is 1.70. The minimum absolute atomic E-state index is 0.164. The zero-order valence-corrected chi connectivity index (χ0v) is 12.7. The van der Waals surface area contributed by atoms with Gasteiger partial charge in [0.2, 0.25) is 5.95 Å². The van der Waals surface area contributed by atoms with E-state index in [1.54, 1.807) is 26.8 Å². The molecule has 1 heterocycles. The Labute approximate surface area is 118 Å². The minimum Gasteiger partial charge on any atom is -0.444 e. The van der Waals surface area contributed by atoms with Crippen LogP contribution in [0.3, 0.4) is 0 Å². The maximum absolute atomic E-state index is 11.6. The first-order chi connectivity index (χ1) is 8.65. The van der Waals surface area contributed by atoms with E-state index in [4.69, 9.17) is 16.3 Å². The van der Waals surface area contributed by atoms with Gasteiger partial charge in [-0.15, -0.1) is 0 Å². The second-order valence-corrected chi connectivity index (χ2v) is 6.12. The van der Waals surface area contributed by atoms with Crippen molar-refractivity contribution in [3.8, 4) is 0 Å². The number of hydrogen-bond acceptors (Lipinski definition) is 4.